The lowest BCUT2D eigenvalue weighted by Gasteiger charge is -2.06. The highest BCUT2D eigenvalue weighted by molar-refractivity contribution is 5.70. The van der Waals surface area contributed by atoms with Crippen LogP contribution < -0.4 is 0 Å². The predicted octanol–water partition coefficient (Wildman–Crippen LogP) is 5.72. The number of hydrogen-bond acceptors (Lipinski definition) is 0. The molecule has 0 spiro atoms. The molecule has 0 aliphatic rings. The molecule has 3 aromatic rings. The van der Waals surface area contributed by atoms with Crippen LogP contribution >= 0.6 is 0 Å². The maximum Gasteiger partial charge on any atom is 0.123 e. The van der Waals surface area contributed by atoms with Gasteiger partial charge in [0.05, 0.1) is 0 Å². The van der Waals surface area contributed by atoms with Crippen LogP contribution in [0.5, 0.6) is 0 Å². The van der Waals surface area contributed by atoms with E-state index in [0.29, 0.717) is 0 Å². The van der Waals surface area contributed by atoms with Crippen molar-refractivity contribution in [1.29, 1.82) is 0 Å². The third-order valence-corrected chi connectivity index (χ3v) is 3.74. The Labute approximate surface area is 124 Å². The third-order valence-electron chi connectivity index (χ3n) is 3.74. The molecule has 0 fully saturated rings. The van der Waals surface area contributed by atoms with Gasteiger partial charge in [0.1, 0.15) is 5.82 Å². The summed E-state index contributed by atoms with van der Waals surface area (Å²) in [6, 6.07) is 23.6. The van der Waals surface area contributed by atoms with E-state index in [4.69, 9.17) is 0 Å². The van der Waals surface area contributed by atoms with Gasteiger partial charge >= 0.3 is 0 Å². The van der Waals surface area contributed by atoms with Crippen molar-refractivity contribution in [1.82, 2.24) is 0 Å². The van der Waals surface area contributed by atoms with Crippen LogP contribution in [0.2, 0.25) is 0 Å². The summed E-state index contributed by atoms with van der Waals surface area (Å²) in [5.41, 5.74) is 5.66. The van der Waals surface area contributed by atoms with Gasteiger partial charge in [-0.25, -0.2) is 4.39 Å². The molecule has 0 amide bonds. The molecule has 104 valence electrons. The minimum absolute atomic E-state index is 0.202. The fraction of sp³-hybridized carbons (Fsp3) is 0.100. The van der Waals surface area contributed by atoms with Gasteiger partial charge in [-0.2, -0.15) is 0 Å². The molecule has 0 aliphatic heterocycles. The van der Waals surface area contributed by atoms with Gasteiger partial charge in [0.25, 0.3) is 0 Å². The van der Waals surface area contributed by atoms with Crippen molar-refractivity contribution in [3.05, 3.63) is 84.2 Å². The molecule has 3 aromatic carbocycles. The van der Waals surface area contributed by atoms with Crippen molar-refractivity contribution >= 4 is 0 Å². The third kappa shape index (κ3) is 3.03. The molecule has 0 atom stereocenters. The van der Waals surface area contributed by atoms with Crippen LogP contribution in [0.15, 0.2) is 72.8 Å². The Morgan fingerprint density at radius 1 is 0.667 bits per heavy atom. The van der Waals surface area contributed by atoms with Gasteiger partial charge in [-0.05, 0) is 46.4 Å². The number of halogens is 1. The molecular formula is C20H17F. The Balaban J connectivity index is 1.89. The molecule has 0 saturated carbocycles. The second kappa shape index (κ2) is 5.92. The molecule has 0 N–H and O–H groups in total. The summed E-state index contributed by atoms with van der Waals surface area (Å²) in [6.07, 6.45) is 1.05. The van der Waals surface area contributed by atoms with E-state index in [2.05, 4.69) is 43.3 Å². The van der Waals surface area contributed by atoms with E-state index in [1.54, 1.807) is 12.1 Å². The quantitative estimate of drug-likeness (QED) is 0.573. The molecule has 0 bridgehead atoms. The first-order valence-electron chi connectivity index (χ1n) is 7.21. The van der Waals surface area contributed by atoms with Crippen molar-refractivity contribution in [2.75, 3.05) is 0 Å². The molecule has 21 heavy (non-hydrogen) atoms. The smallest absolute Gasteiger partial charge is 0.123 e. The zero-order valence-corrected chi connectivity index (χ0v) is 12.0. The van der Waals surface area contributed by atoms with Gasteiger partial charge in [-0.3, -0.25) is 0 Å². The summed E-state index contributed by atoms with van der Waals surface area (Å²) >= 11 is 0. The standard InChI is InChI=1S/C20H17F/c1-2-15-6-8-16(9-7-15)17-10-12-18(13-11-17)19-4-3-5-20(21)14-19/h3-14H,2H2,1H3. The first kappa shape index (κ1) is 13.6. The lowest BCUT2D eigenvalue weighted by molar-refractivity contribution is 0.628. The molecule has 0 aromatic heterocycles. The topological polar surface area (TPSA) is 0 Å². The summed E-state index contributed by atoms with van der Waals surface area (Å²) in [5, 5.41) is 0. The second-order valence-corrected chi connectivity index (χ2v) is 5.14. The predicted molar refractivity (Wildman–Crippen MR) is 86.7 cm³/mol. The van der Waals surface area contributed by atoms with Crippen molar-refractivity contribution in [2.24, 2.45) is 0 Å². The summed E-state index contributed by atoms with van der Waals surface area (Å²) in [6.45, 7) is 2.16. The van der Waals surface area contributed by atoms with E-state index in [0.717, 1.165) is 17.5 Å². The van der Waals surface area contributed by atoms with Crippen LogP contribution in [0.1, 0.15) is 12.5 Å². The Hall–Kier alpha value is -2.41. The Morgan fingerprint density at radius 2 is 1.19 bits per heavy atom. The zero-order valence-electron chi connectivity index (χ0n) is 12.0. The van der Waals surface area contributed by atoms with Crippen LogP contribution in [0.25, 0.3) is 22.3 Å². The van der Waals surface area contributed by atoms with Gasteiger partial charge in [-0.1, -0.05) is 67.6 Å². The highest BCUT2D eigenvalue weighted by atomic mass is 19.1. The van der Waals surface area contributed by atoms with Gasteiger partial charge in [0, 0.05) is 0 Å². The highest BCUT2D eigenvalue weighted by Gasteiger charge is 2.01. The Morgan fingerprint density at radius 3 is 1.71 bits per heavy atom. The minimum Gasteiger partial charge on any atom is -0.207 e. The maximum absolute atomic E-state index is 13.3. The molecule has 0 radical (unpaired) electrons. The normalized spacial score (nSPS) is 10.6. The summed E-state index contributed by atoms with van der Waals surface area (Å²) < 4.78 is 13.3. The van der Waals surface area contributed by atoms with Gasteiger partial charge < -0.3 is 0 Å². The van der Waals surface area contributed by atoms with Crippen LogP contribution in [0.4, 0.5) is 4.39 Å². The number of aryl methyl sites for hydroxylation is 1. The Bertz CT molecular complexity index is 725. The first-order valence-corrected chi connectivity index (χ1v) is 7.21. The van der Waals surface area contributed by atoms with Crippen LogP contribution in [0, 0.1) is 5.82 Å². The average Bonchev–Trinajstić information content (AvgIpc) is 2.55. The average molecular weight is 276 g/mol. The molecule has 0 heterocycles. The fourth-order valence-electron chi connectivity index (χ4n) is 2.46. The van der Waals surface area contributed by atoms with E-state index >= 15 is 0 Å². The van der Waals surface area contributed by atoms with Crippen LogP contribution in [-0.4, -0.2) is 0 Å². The molecule has 3 rings (SSSR count). The summed E-state index contributed by atoms with van der Waals surface area (Å²) in [7, 11) is 0. The highest BCUT2D eigenvalue weighted by Crippen LogP contribution is 2.25. The van der Waals surface area contributed by atoms with Crippen molar-refractivity contribution in [2.45, 2.75) is 13.3 Å². The molecule has 0 nitrogen and oxygen atoms in total. The monoisotopic (exact) mass is 276 g/mol. The molecular weight excluding hydrogens is 259 g/mol. The number of benzene rings is 3. The summed E-state index contributed by atoms with van der Waals surface area (Å²) in [4.78, 5) is 0. The SMILES string of the molecule is CCc1ccc(-c2ccc(-c3cccc(F)c3)cc2)cc1. The molecule has 1 heteroatoms. The second-order valence-electron chi connectivity index (χ2n) is 5.14. The number of rotatable bonds is 3. The largest absolute Gasteiger partial charge is 0.207 e. The van der Waals surface area contributed by atoms with Crippen molar-refractivity contribution < 1.29 is 4.39 Å². The van der Waals surface area contributed by atoms with E-state index in [1.165, 1.54) is 22.8 Å². The van der Waals surface area contributed by atoms with E-state index in [-0.39, 0.29) is 5.82 Å². The summed E-state index contributed by atoms with van der Waals surface area (Å²) in [5.74, 6) is -0.202. The first-order chi connectivity index (χ1) is 10.3. The fourth-order valence-corrected chi connectivity index (χ4v) is 2.46. The van der Waals surface area contributed by atoms with Crippen molar-refractivity contribution in [3.8, 4) is 22.3 Å². The van der Waals surface area contributed by atoms with Crippen molar-refractivity contribution in [3.63, 3.8) is 0 Å². The van der Waals surface area contributed by atoms with Crippen LogP contribution in [-0.2, 0) is 6.42 Å². The maximum atomic E-state index is 13.3. The van der Waals surface area contributed by atoms with E-state index in [9.17, 15) is 4.39 Å². The number of hydrogen-bond donors (Lipinski definition) is 0. The minimum atomic E-state index is -0.202. The van der Waals surface area contributed by atoms with Crippen LogP contribution in [0.3, 0.4) is 0 Å². The van der Waals surface area contributed by atoms with Gasteiger partial charge in [0.15, 0.2) is 0 Å². The van der Waals surface area contributed by atoms with Gasteiger partial charge in [0.2, 0.25) is 0 Å². The lowest BCUT2D eigenvalue weighted by Crippen LogP contribution is -1.83. The molecule has 0 unspecified atom stereocenters. The van der Waals surface area contributed by atoms with Gasteiger partial charge in [-0.15, -0.1) is 0 Å². The zero-order chi connectivity index (χ0) is 14.7. The Kier molecular flexibility index (Phi) is 3.83. The van der Waals surface area contributed by atoms with E-state index in [1.807, 2.05) is 18.2 Å². The van der Waals surface area contributed by atoms with E-state index < -0.39 is 0 Å². The molecule has 0 aliphatic carbocycles. The lowest BCUT2D eigenvalue weighted by atomic mass is 9.99. The molecule has 0 saturated heterocycles.